The first-order valence-corrected chi connectivity index (χ1v) is 7.86. The summed E-state index contributed by atoms with van der Waals surface area (Å²) in [5.74, 6) is 0. The van der Waals surface area contributed by atoms with E-state index in [4.69, 9.17) is 4.74 Å². The van der Waals surface area contributed by atoms with Crippen LogP contribution in [0.15, 0.2) is 0 Å². The molecular weight excluding hydrogens is 240 g/mol. The lowest BCUT2D eigenvalue weighted by Gasteiger charge is -2.35. The Morgan fingerprint density at radius 3 is 2.53 bits per heavy atom. The summed E-state index contributed by atoms with van der Waals surface area (Å²) in [5, 5.41) is 13.5. The second-order valence-electron chi connectivity index (χ2n) is 5.71. The molecule has 0 aliphatic heterocycles. The van der Waals surface area contributed by atoms with Gasteiger partial charge in [0.2, 0.25) is 0 Å². The van der Waals surface area contributed by atoms with Crippen molar-refractivity contribution in [3.8, 4) is 0 Å². The van der Waals surface area contributed by atoms with E-state index in [-0.39, 0.29) is 6.10 Å². The topological polar surface area (TPSA) is 44.7 Å². The summed E-state index contributed by atoms with van der Waals surface area (Å²) in [6, 6.07) is 1.33. The Kier molecular flexibility index (Phi) is 8.62. The van der Waals surface area contributed by atoms with Crippen LogP contribution in [0.5, 0.6) is 0 Å². The van der Waals surface area contributed by atoms with E-state index in [1.165, 1.54) is 32.1 Å². The molecule has 0 aromatic heterocycles. The third-order valence-electron chi connectivity index (χ3n) is 4.02. The maximum Gasteiger partial charge on any atom is 0.0900 e. The summed E-state index contributed by atoms with van der Waals surface area (Å²) < 4.78 is 5.26. The molecule has 1 atom stereocenters. The normalized spacial score (nSPS) is 25.7. The number of nitrogens with one attached hydrogen (secondary N) is 1. The maximum atomic E-state index is 9.87. The molecule has 1 aliphatic carbocycles. The molecule has 114 valence electrons. The number of aliphatic hydroxyl groups is 1. The number of hydrogen-bond acceptors (Lipinski definition) is 4. The Bertz CT molecular complexity index is 218. The average Bonchev–Trinajstić information content (AvgIpc) is 2.43. The minimum Gasteiger partial charge on any atom is -0.389 e. The highest BCUT2D eigenvalue weighted by molar-refractivity contribution is 4.82. The molecule has 0 radical (unpaired) electrons. The molecule has 0 bridgehead atoms. The Labute approximate surface area is 118 Å². The molecular formula is C15H32N2O2. The summed E-state index contributed by atoms with van der Waals surface area (Å²) in [7, 11) is 2.12. The van der Waals surface area contributed by atoms with E-state index in [1.54, 1.807) is 0 Å². The molecule has 0 spiro atoms. The lowest BCUT2D eigenvalue weighted by atomic mass is 9.90. The molecule has 1 saturated carbocycles. The molecule has 1 aliphatic rings. The smallest absolute Gasteiger partial charge is 0.0900 e. The molecule has 4 heteroatoms. The van der Waals surface area contributed by atoms with Crippen molar-refractivity contribution in [2.24, 2.45) is 0 Å². The maximum absolute atomic E-state index is 9.87. The highest BCUT2D eigenvalue weighted by Gasteiger charge is 2.24. The van der Waals surface area contributed by atoms with Gasteiger partial charge >= 0.3 is 0 Å². The van der Waals surface area contributed by atoms with Crippen molar-refractivity contribution in [2.45, 2.75) is 64.1 Å². The van der Waals surface area contributed by atoms with Crippen LogP contribution < -0.4 is 5.32 Å². The second-order valence-corrected chi connectivity index (χ2v) is 5.71. The van der Waals surface area contributed by atoms with Crippen molar-refractivity contribution >= 4 is 0 Å². The van der Waals surface area contributed by atoms with Gasteiger partial charge in [-0.3, -0.25) is 0 Å². The summed E-state index contributed by atoms with van der Waals surface area (Å²) >= 11 is 0. The van der Waals surface area contributed by atoms with Crippen LogP contribution in [0.1, 0.15) is 46.0 Å². The fourth-order valence-corrected chi connectivity index (χ4v) is 2.86. The van der Waals surface area contributed by atoms with E-state index in [1.807, 2.05) is 6.92 Å². The predicted octanol–water partition coefficient (Wildman–Crippen LogP) is 1.63. The zero-order valence-corrected chi connectivity index (χ0v) is 12.9. The first kappa shape index (κ1) is 16.9. The van der Waals surface area contributed by atoms with Crippen LogP contribution in [0, 0.1) is 0 Å². The minimum atomic E-state index is -0.360. The van der Waals surface area contributed by atoms with Gasteiger partial charge in [0, 0.05) is 25.2 Å². The Balaban J connectivity index is 2.19. The zero-order valence-electron chi connectivity index (χ0n) is 12.9. The molecule has 0 amide bonds. The van der Waals surface area contributed by atoms with Gasteiger partial charge in [-0.05, 0) is 52.6 Å². The Morgan fingerprint density at radius 1 is 1.26 bits per heavy atom. The van der Waals surface area contributed by atoms with Gasteiger partial charge in [-0.2, -0.15) is 0 Å². The lowest BCUT2D eigenvalue weighted by molar-refractivity contribution is 0.0143. The van der Waals surface area contributed by atoms with Gasteiger partial charge in [0.15, 0.2) is 0 Å². The van der Waals surface area contributed by atoms with Crippen LogP contribution in [0.2, 0.25) is 0 Å². The number of ether oxygens (including phenoxy) is 1. The van der Waals surface area contributed by atoms with Crippen LogP contribution in [0.25, 0.3) is 0 Å². The van der Waals surface area contributed by atoms with Crippen molar-refractivity contribution in [1.82, 2.24) is 10.2 Å². The SMILES string of the molecule is CCCNC1CCC(N(C)CC(O)COCC)CC1. The minimum absolute atomic E-state index is 0.360. The predicted molar refractivity (Wildman–Crippen MR) is 79.5 cm³/mol. The fourth-order valence-electron chi connectivity index (χ4n) is 2.86. The van der Waals surface area contributed by atoms with Crippen molar-refractivity contribution < 1.29 is 9.84 Å². The highest BCUT2D eigenvalue weighted by Crippen LogP contribution is 2.22. The van der Waals surface area contributed by atoms with E-state index in [2.05, 4.69) is 24.2 Å². The third-order valence-corrected chi connectivity index (χ3v) is 4.02. The lowest BCUT2D eigenvalue weighted by Crippen LogP contribution is -2.44. The average molecular weight is 272 g/mol. The van der Waals surface area contributed by atoms with Crippen molar-refractivity contribution in [3.63, 3.8) is 0 Å². The standard InChI is InChI=1S/C15H32N2O2/c1-4-10-16-13-6-8-14(9-7-13)17(3)11-15(18)12-19-5-2/h13-16,18H,4-12H2,1-3H3. The summed E-state index contributed by atoms with van der Waals surface area (Å²) in [5.41, 5.74) is 0. The van der Waals surface area contributed by atoms with Crippen LogP contribution >= 0.6 is 0 Å². The van der Waals surface area contributed by atoms with Gasteiger partial charge in [-0.15, -0.1) is 0 Å². The molecule has 0 heterocycles. The third kappa shape index (κ3) is 6.70. The quantitative estimate of drug-likeness (QED) is 0.669. The van der Waals surface area contributed by atoms with Crippen molar-refractivity contribution in [3.05, 3.63) is 0 Å². The molecule has 19 heavy (non-hydrogen) atoms. The van der Waals surface area contributed by atoms with Gasteiger partial charge in [-0.1, -0.05) is 6.92 Å². The van der Waals surface area contributed by atoms with Gasteiger partial charge < -0.3 is 20.1 Å². The summed E-state index contributed by atoms with van der Waals surface area (Å²) in [6.07, 6.45) is 5.84. The monoisotopic (exact) mass is 272 g/mol. The number of rotatable bonds is 9. The Hall–Kier alpha value is -0.160. The van der Waals surface area contributed by atoms with Gasteiger partial charge in [0.1, 0.15) is 0 Å². The summed E-state index contributed by atoms with van der Waals surface area (Å²) in [4.78, 5) is 2.31. The number of aliphatic hydroxyl groups excluding tert-OH is 1. The molecule has 1 unspecified atom stereocenters. The summed E-state index contributed by atoms with van der Waals surface area (Å²) in [6.45, 7) is 7.16. The van der Waals surface area contributed by atoms with Gasteiger partial charge in [-0.25, -0.2) is 0 Å². The first-order valence-electron chi connectivity index (χ1n) is 7.86. The van der Waals surface area contributed by atoms with E-state index in [0.29, 0.717) is 25.3 Å². The molecule has 4 nitrogen and oxygen atoms in total. The molecule has 0 aromatic rings. The molecule has 0 saturated heterocycles. The van der Waals surface area contributed by atoms with Crippen LogP contribution in [-0.4, -0.2) is 61.5 Å². The Morgan fingerprint density at radius 2 is 1.95 bits per heavy atom. The second kappa shape index (κ2) is 9.70. The van der Waals surface area contributed by atoms with Crippen molar-refractivity contribution in [2.75, 3.05) is 33.4 Å². The number of likely N-dealkylation sites (N-methyl/N-ethyl adjacent to an activating group) is 1. The number of nitrogens with zero attached hydrogens (tertiary/aromatic N) is 1. The first-order chi connectivity index (χ1) is 9.17. The molecule has 1 fully saturated rings. The van der Waals surface area contributed by atoms with E-state index >= 15 is 0 Å². The van der Waals surface area contributed by atoms with E-state index < -0.39 is 0 Å². The van der Waals surface area contributed by atoms with Crippen LogP contribution in [-0.2, 0) is 4.74 Å². The van der Waals surface area contributed by atoms with Crippen LogP contribution in [0.4, 0.5) is 0 Å². The van der Waals surface area contributed by atoms with Gasteiger partial charge in [0.05, 0.1) is 12.7 Å². The molecule has 0 aromatic carbocycles. The van der Waals surface area contributed by atoms with Crippen molar-refractivity contribution in [1.29, 1.82) is 0 Å². The van der Waals surface area contributed by atoms with E-state index in [0.717, 1.165) is 13.1 Å². The van der Waals surface area contributed by atoms with Crippen LogP contribution in [0.3, 0.4) is 0 Å². The van der Waals surface area contributed by atoms with E-state index in [9.17, 15) is 5.11 Å². The fraction of sp³-hybridized carbons (Fsp3) is 1.00. The molecule has 1 rings (SSSR count). The zero-order chi connectivity index (χ0) is 14.1. The molecule has 2 N–H and O–H groups in total. The van der Waals surface area contributed by atoms with Gasteiger partial charge in [0.25, 0.3) is 0 Å². The number of hydrogen-bond donors (Lipinski definition) is 2. The largest absolute Gasteiger partial charge is 0.389 e. The highest BCUT2D eigenvalue weighted by atomic mass is 16.5.